The second-order valence-electron chi connectivity index (χ2n) is 2.68. The van der Waals surface area contributed by atoms with Crippen molar-refractivity contribution in [3.05, 3.63) is 29.1 Å². The first-order valence-corrected chi connectivity index (χ1v) is 3.75. The van der Waals surface area contributed by atoms with E-state index in [4.69, 9.17) is 0 Å². The van der Waals surface area contributed by atoms with E-state index >= 15 is 0 Å². The van der Waals surface area contributed by atoms with Gasteiger partial charge >= 0.3 is 0 Å². The van der Waals surface area contributed by atoms with Crippen LogP contribution in [0.3, 0.4) is 0 Å². The van der Waals surface area contributed by atoms with Gasteiger partial charge in [0, 0.05) is 12.4 Å². The summed E-state index contributed by atoms with van der Waals surface area (Å²) in [7, 11) is 0. The van der Waals surface area contributed by atoms with Crippen molar-refractivity contribution in [2.75, 3.05) is 0 Å². The molecule has 0 spiro atoms. The SMILES string of the molecule is O=c1c2nc[nH]c2[nH]c2nccn12. The Kier molecular flexibility index (Phi) is 0.974. The fourth-order valence-electron chi connectivity index (χ4n) is 1.34. The summed E-state index contributed by atoms with van der Waals surface area (Å²) < 4.78 is 1.42. The third-order valence-corrected chi connectivity index (χ3v) is 1.94. The van der Waals surface area contributed by atoms with Crippen molar-refractivity contribution in [3.63, 3.8) is 0 Å². The van der Waals surface area contributed by atoms with Gasteiger partial charge in [0.1, 0.15) is 5.65 Å². The van der Waals surface area contributed by atoms with Crippen molar-refractivity contribution in [2.24, 2.45) is 0 Å². The molecule has 0 saturated carbocycles. The van der Waals surface area contributed by atoms with Gasteiger partial charge in [-0.3, -0.25) is 4.79 Å². The zero-order valence-electron chi connectivity index (χ0n) is 6.48. The minimum Gasteiger partial charge on any atom is -0.331 e. The number of hydrogen-bond donors (Lipinski definition) is 2. The first kappa shape index (κ1) is 6.41. The van der Waals surface area contributed by atoms with Crippen LogP contribution in [0.2, 0.25) is 0 Å². The standard InChI is InChI=1S/C7H5N5O/c13-6-4-5(10-3-9-4)11-7-8-1-2-12(6)7/h1-3H,(H,8,11)(H,9,10). The van der Waals surface area contributed by atoms with Crippen LogP contribution in [0.1, 0.15) is 0 Å². The third-order valence-electron chi connectivity index (χ3n) is 1.94. The van der Waals surface area contributed by atoms with E-state index in [1.807, 2.05) is 0 Å². The van der Waals surface area contributed by atoms with Crippen molar-refractivity contribution in [1.29, 1.82) is 0 Å². The number of nitrogens with one attached hydrogen (secondary N) is 2. The Morgan fingerprint density at radius 2 is 2.31 bits per heavy atom. The maximum absolute atomic E-state index is 11.6. The van der Waals surface area contributed by atoms with Gasteiger partial charge in [-0.1, -0.05) is 0 Å². The van der Waals surface area contributed by atoms with Gasteiger partial charge in [-0.15, -0.1) is 0 Å². The lowest BCUT2D eigenvalue weighted by molar-refractivity contribution is 1.08. The number of imidazole rings is 2. The lowest BCUT2D eigenvalue weighted by atomic mass is 10.5. The fourth-order valence-corrected chi connectivity index (χ4v) is 1.34. The lowest BCUT2D eigenvalue weighted by Crippen LogP contribution is -2.13. The van der Waals surface area contributed by atoms with Gasteiger partial charge in [0.05, 0.1) is 6.33 Å². The van der Waals surface area contributed by atoms with Gasteiger partial charge in [-0.25, -0.2) is 14.4 Å². The molecule has 3 aromatic rings. The topological polar surface area (TPSA) is 78.8 Å². The number of fused-ring (bicyclic) bond motifs is 2. The summed E-state index contributed by atoms with van der Waals surface area (Å²) in [6.07, 6.45) is 4.64. The van der Waals surface area contributed by atoms with E-state index in [0.717, 1.165) is 0 Å². The number of hydrogen-bond acceptors (Lipinski definition) is 3. The number of aromatic nitrogens is 5. The van der Waals surface area contributed by atoms with Crippen molar-refractivity contribution in [3.8, 4) is 0 Å². The summed E-state index contributed by atoms with van der Waals surface area (Å²) in [5.41, 5.74) is 0.830. The van der Waals surface area contributed by atoms with E-state index in [1.54, 1.807) is 12.4 Å². The van der Waals surface area contributed by atoms with Crippen LogP contribution in [0, 0.1) is 0 Å². The Morgan fingerprint density at radius 1 is 1.38 bits per heavy atom. The van der Waals surface area contributed by atoms with Gasteiger partial charge in [-0.05, 0) is 0 Å². The van der Waals surface area contributed by atoms with E-state index in [0.29, 0.717) is 16.9 Å². The van der Waals surface area contributed by atoms with Gasteiger partial charge in [-0.2, -0.15) is 0 Å². The largest absolute Gasteiger partial charge is 0.331 e. The van der Waals surface area contributed by atoms with Crippen molar-refractivity contribution < 1.29 is 0 Å². The molecular weight excluding hydrogens is 170 g/mol. The molecule has 0 aliphatic carbocycles. The summed E-state index contributed by atoms with van der Waals surface area (Å²) in [4.78, 5) is 25.3. The molecule has 64 valence electrons. The van der Waals surface area contributed by atoms with Crippen molar-refractivity contribution in [1.82, 2.24) is 24.3 Å². The van der Waals surface area contributed by atoms with Gasteiger partial charge in [0.25, 0.3) is 5.56 Å². The van der Waals surface area contributed by atoms with Crippen LogP contribution < -0.4 is 5.56 Å². The summed E-state index contributed by atoms with van der Waals surface area (Å²) in [6, 6.07) is 0. The highest BCUT2D eigenvalue weighted by Gasteiger charge is 2.05. The summed E-state index contributed by atoms with van der Waals surface area (Å²) >= 11 is 0. The predicted octanol–water partition coefficient (Wildman–Crippen LogP) is -0.101. The first-order valence-electron chi connectivity index (χ1n) is 3.75. The number of aromatic amines is 2. The normalized spacial score (nSPS) is 11.4. The zero-order chi connectivity index (χ0) is 8.84. The molecule has 0 unspecified atom stereocenters. The predicted molar refractivity (Wildman–Crippen MR) is 45.5 cm³/mol. The number of nitrogens with zero attached hydrogens (tertiary/aromatic N) is 3. The molecule has 3 heterocycles. The fraction of sp³-hybridized carbons (Fsp3) is 0. The molecule has 2 N–H and O–H groups in total. The molecule has 0 saturated heterocycles. The Labute approximate surface area is 71.3 Å². The second-order valence-corrected chi connectivity index (χ2v) is 2.68. The Morgan fingerprint density at radius 3 is 3.23 bits per heavy atom. The minimum absolute atomic E-state index is 0.164. The Balaban J connectivity index is 2.76. The van der Waals surface area contributed by atoms with Gasteiger partial charge in [0.15, 0.2) is 5.52 Å². The van der Waals surface area contributed by atoms with Crippen LogP contribution >= 0.6 is 0 Å². The zero-order valence-corrected chi connectivity index (χ0v) is 6.48. The van der Waals surface area contributed by atoms with Gasteiger partial charge < -0.3 is 9.97 Å². The average molecular weight is 175 g/mol. The molecule has 0 radical (unpaired) electrons. The molecule has 3 rings (SSSR count). The maximum Gasteiger partial charge on any atom is 0.287 e. The molecule has 0 aliphatic heterocycles. The van der Waals surface area contributed by atoms with E-state index < -0.39 is 0 Å². The van der Waals surface area contributed by atoms with Crippen molar-refractivity contribution >= 4 is 16.9 Å². The number of H-pyrrole nitrogens is 2. The molecule has 0 aliphatic rings. The monoisotopic (exact) mass is 175 g/mol. The van der Waals surface area contributed by atoms with Crippen LogP contribution in [0.15, 0.2) is 23.5 Å². The molecule has 13 heavy (non-hydrogen) atoms. The summed E-state index contributed by atoms with van der Waals surface area (Å²) in [5.74, 6) is 0.516. The lowest BCUT2D eigenvalue weighted by Gasteiger charge is -1.91. The molecule has 0 fully saturated rings. The van der Waals surface area contributed by atoms with Gasteiger partial charge in [0.2, 0.25) is 5.78 Å². The highest BCUT2D eigenvalue weighted by molar-refractivity contribution is 5.70. The Hall–Kier alpha value is -2.11. The van der Waals surface area contributed by atoms with E-state index in [2.05, 4.69) is 19.9 Å². The van der Waals surface area contributed by atoms with Crippen LogP contribution in [-0.4, -0.2) is 24.3 Å². The van der Waals surface area contributed by atoms with E-state index in [1.165, 1.54) is 10.7 Å². The Bertz CT molecular complexity index is 579. The molecule has 6 heteroatoms. The molecule has 6 nitrogen and oxygen atoms in total. The highest BCUT2D eigenvalue weighted by atomic mass is 16.1. The molecule has 0 amide bonds. The summed E-state index contributed by atoms with van der Waals surface area (Å²) in [5, 5.41) is 0. The van der Waals surface area contributed by atoms with E-state index in [9.17, 15) is 4.79 Å². The van der Waals surface area contributed by atoms with Crippen molar-refractivity contribution in [2.45, 2.75) is 0 Å². The highest BCUT2D eigenvalue weighted by Crippen LogP contribution is 2.01. The third kappa shape index (κ3) is 0.689. The van der Waals surface area contributed by atoms with E-state index in [-0.39, 0.29) is 5.56 Å². The van der Waals surface area contributed by atoms with Crippen LogP contribution in [0.5, 0.6) is 0 Å². The molecule has 0 atom stereocenters. The molecule has 3 aromatic heterocycles. The average Bonchev–Trinajstić information content (AvgIpc) is 2.71. The summed E-state index contributed by atoms with van der Waals surface area (Å²) in [6.45, 7) is 0. The molecule has 0 bridgehead atoms. The van der Waals surface area contributed by atoms with Crippen LogP contribution in [0.4, 0.5) is 0 Å². The molecule has 0 aromatic carbocycles. The first-order chi connectivity index (χ1) is 6.36. The second kappa shape index (κ2) is 1.98. The van der Waals surface area contributed by atoms with Crippen LogP contribution in [0.25, 0.3) is 16.9 Å². The van der Waals surface area contributed by atoms with Crippen LogP contribution in [-0.2, 0) is 0 Å². The maximum atomic E-state index is 11.6. The minimum atomic E-state index is -0.164. The quantitative estimate of drug-likeness (QED) is 0.500. The number of rotatable bonds is 0. The smallest absolute Gasteiger partial charge is 0.287 e. The molecular formula is C7H5N5O.